The third-order valence-corrected chi connectivity index (χ3v) is 3.07. The first kappa shape index (κ1) is 15.8. The van der Waals surface area contributed by atoms with Crippen molar-refractivity contribution in [1.82, 2.24) is 4.90 Å². The highest BCUT2D eigenvalue weighted by Gasteiger charge is 2.34. The van der Waals surface area contributed by atoms with Crippen LogP contribution in [-0.2, 0) is 0 Å². The standard InChI is InChI=1S/C12H30N4/c1-6-10(14)16(11(15)7-2)12(4,5)8-9(3)13/h9-11H,6-8,13-15H2,1-5H3. The number of nitrogens with zero attached hydrogens (tertiary/aromatic N) is 1. The molecule has 4 heteroatoms. The molecule has 0 spiro atoms. The Morgan fingerprint density at radius 1 is 1.00 bits per heavy atom. The molecule has 0 radical (unpaired) electrons. The van der Waals surface area contributed by atoms with Gasteiger partial charge >= 0.3 is 0 Å². The summed E-state index contributed by atoms with van der Waals surface area (Å²) >= 11 is 0. The van der Waals surface area contributed by atoms with Crippen molar-refractivity contribution in [2.24, 2.45) is 17.2 Å². The Kier molecular flexibility index (Phi) is 6.48. The molecule has 0 aromatic carbocycles. The summed E-state index contributed by atoms with van der Waals surface area (Å²) in [5.41, 5.74) is 18.2. The Labute approximate surface area is 101 Å². The zero-order valence-corrected chi connectivity index (χ0v) is 11.5. The maximum Gasteiger partial charge on any atom is 0.0588 e. The van der Waals surface area contributed by atoms with E-state index in [1.165, 1.54) is 0 Å². The van der Waals surface area contributed by atoms with Gasteiger partial charge in [-0.3, -0.25) is 4.90 Å². The fourth-order valence-corrected chi connectivity index (χ4v) is 2.43. The topological polar surface area (TPSA) is 81.3 Å². The molecule has 0 amide bonds. The predicted molar refractivity (Wildman–Crippen MR) is 70.7 cm³/mol. The van der Waals surface area contributed by atoms with Crippen LogP contribution >= 0.6 is 0 Å². The van der Waals surface area contributed by atoms with Crippen molar-refractivity contribution in [3.63, 3.8) is 0 Å². The number of rotatable bonds is 7. The molecule has 0 saturated carbocycles. The minimum atomic E-state index is -0.0565. The molecule has 0 heterocycles. The van der Waals surface area contributed by atoms with Crippen LogP contribution in [0.4, 0.5) is 0 Å². The van der Waals surface area contributed by atoms with Crippen molar-refractivity contribution < 1.29 is 0 Å². The molecule has 16 heavy (non-hydrogen) atoms. The Bertz CT molecular complexity index is 181. The highest BCUT2D eigenvalue weighted by molar-refractivity contribution is 4.89. The van der Waals surface area contributed by atoms with Gasteiger partial charge in [0.05, 0.1) is 12.3 Å². The Morgan fingerprint density at radius 3 is 1.62 bits per heavy atom. The van der Waals surface area contributed by atoms with Crippen LogP contribution in [0.25, 0.3) is 0 Å². The van der Waals surface area contributed by atoms with Gasteiger partial charge < -0.3 is 17.2 Å². The van der Waals surface area contributed by atoms with Gasteiger partial charge in [-0.05, 0) is 40.0 Å². The normalized spacial score (nSPS) is 18.6. The van der Waals surface area contributed by atoms with Crippen LogP contribution in [0.5, 0.6) is 0 Å². The van der Waals surface area contributed by atoms with Gasteiger partial charge in [0.15, 0.2) is 0 Å². The molecule has 0 rings (SSSR count). The lowest BCUT2D eigenvalue weighted by Crippen LogP contribution is -2.61. The maximum absolute atomic E-state index is 6.16. The van der Waals surface area contributed by atoms with Gasteiger partial charge in [-0.2, -0.15) is 0 Å². The Hall–Kier alpha value is -0.160. The fourth-order valence-electron chi connectivity index (χ4n) is 2.43. The van der Waals surface area contributed by atoms with E-state index < -0.39 is 0 Å². The number of hydrogen-bond acceptors (Lipinski definition) is 4. The first-order chi connectivity index (χ1) is 7.26. The average molecular weight is 230 g/mol. The lowest BCUT2D eigenvalue weighted by molar-refractivity contribution is 0.0143. The second-order valence-corrected chi connectivity index (χ2v) is 5.35. The summed E-state index contributed by atoms with van der Waals surface area (Å²) in [4.78, 5) is 2.20. The largest absolute Gasteiger partial charge is 0.328 e. The summed E-state index contributed by atoms with van der Waals surface area (Å²) in [6, 6.07) is 0.158. The van der Waals surface area contributed by atoms with Gasteiger partial charge in [-0.1, -0.05) is 13.8 Å². The number of nitrogens with two attached hydrogens (primary N) is 3. The highest BCUT2D eigenvalue weighted by Crippen LogP contribution is 2.24. The van der Waals surface area contributed by atoms with E-state index >= 15 is 0 Å². The van der Waals surface area contributed by atoms with Crippen LogP contribution in [0.2, 0.25) is 0 Å². The third-order valence-electron chi connectivity index (χ3n) is 3.07. The van der Waals surface area contributed by atoms with Crippen molar-refractivity contribution in [3.05, 3.63) is 0 Å². The van der Waals surface area contributed by atoms with E-state index in [1.54, 1.807) is 0 Å². The zero-order chi connectivity index (χ0) is 12.9. The Morgan fingerprint density at radius 2 is 1.38 bits per heavy atom. The minimum Gasteiger partial charge on any atom is -0.328 e. The van der Waals surface area contributed by atoms with Crippen molar-refractivity contribution >= 4 is 0 Å². The molecule has 98 valence electrons. The molecule has 3 atom stereocenters. The van der Waals surface area contributed by atoms with E-state index in [1.807, 2.05) is 6.92 Å². The molecule has 0 aromatic heterocycles. The van der Waals surface area contributed by atoms with Crippen LogP contribution in [0.15, 0.2) is 0 Å². The minimum absolute atomic E-state index is 0.00343. The zero-order valence-electron chi connectivity index (χ0n) is 11.5. The summed E-state index contributed by atoms with van der Waals surface area (Å²) in [5, 5.41) is 0. The van der Waals surface area contributed by atoms with Crippen LogP contribution in [0.3, 0.4) is 0 Å². The second-order valence-electron chi connectivity index (χ2n) is 5.35. The molecule has 0 bridgehead atoms. The van der Waals surface area contributed by atoms with E-state index in [0.29, 0.717) is 0 Å². The van der Waals surface area contributed by atoms with E-state index in [4.69, 9.17) is 17.2 Å². The van der Waals surface area contributed by atoms with Crippen LogP contribution < -0.4 is 17.2 Å². The fraction of sp³-hybridized carbons (Fsp3) is 1.00. The molecule has 3 unspecified atom stereocenters. The first-order valence-corrected chi connectivity index (χ1v) is 6.31. The lowest BCUT2D eigenvalue weighted by atomic mass is 9.92. The summed E-state index contributed by atoms with van der Waals surface area (Å²) in [5.74, 6) is 0. The average Bonchev–Trinajstić information content (AvgIpc) is 2.14. The molecule has 0 saturated heterocycles. The van der Waals surface area contributed by atoms with Crippen LogP contribution in [-0.4, -0.2) is 28.8 Å². The molecule has 0 aromatic rings. The second kappa shape index (κ2) is 6.55. The molecule has 6 N–H and O–H groups in total. The van der Waals surface area contributed by atoms with Crippen LogP contribution in [0.1, 0.15) is 53.9 Å². The van der Waals surface area contributed by atoms with Crippen LogP contribution in [0, 0.1) is 0 Å². The van der Waals surface area contributed by atoms with Gasteiger partial charge in [-0.25, -0.2) is 0 Å². The third kappa shape index (κ3) is 4.37. The van der Waals surface area contributed by atoms with Gasteiger partial charge in [0.2, 0.25) is 0 Å². The van der Waals surface area contributed by atoms with E-state index in [2.05, 4.69) is 32.6 Å². The summed E-state index contributed by atoms with van der Waals surface area (Å²) in [7, 11) is 0. The monoisotopic (exact) mass is 230 g/mol. The molecule has 0 aliphatic rings. The molecular weight excluding hydrogens is 200 g/mol. The number of hydrogen-bond donors (Lipinski definition) is 3. The molecular formula is C12H30N4. The molecule has 4 nitrogen and oxygen atoms in total. The molecule has 0 aliphatic carbocycles. The van der Waals surface area contributed by atoms with E-state index in [9.17, 15) is 0 Å². The van der Waals surface area contributed by atoms with Gasteiger partial charge in [0.25, 0.3) is 0 Å². The van der Waals surface area contributed by atoms with Gasteiger partial charge in [0, 0.05) is 11.6 Å². The maximum atomic E-state index is 6.16. The SMILES string of the molecule is CCC(N)N(C(N)CC)C(C)(C)CC(C)N. The highest BCUT2D eigenvalue weighted by atomic mass is 15.3. The van der Waals surface area contributed by atoms with E-state index in [-0.39, 0.29) is 23.9 Å². The smallest absolute Gasteiger partial charge is 0.0588 e. The van der Waals surface area contributed by atoms with Crippen molar-refractivity contribution in [2.75, 3.05) is 0 Å². The van der Waals surface area contributed by atoms with Crippen molar-refractivity contribution in [3.8, 4) is 0 Å². The summed E-state index contributed by atoms with van der Waals surface area (Å²) in [6.07, 6.45) is 2.70. The van der Waals surface area contributed by atoms with Crippen molar-refractivity contribution in [2.45, 2.75) is 77.8 Å². The van der Waals surface area contributed by atoms with E-state index in [0.717, 1.165) is 19.3 Å². The molecule has 0 aliphatic heterocycles. The van der Waals surface area contributed by atoms with Gasteiger partial charge in [0.1, 0.15) is 0 Å². The van der Waals surface area contributed by atoms with Crippen molar-refractivity contribution in [1.29, 1.82) is 0 Å². The summed E-state index contributed by atoms with van der Waals surface area (Å²) in [6.45, 7) is 10.5. The quantitative estimate of drug-likeness (QED) is 0.574. The Balaban J connectivity index is 4.85. The first-order valence-electron chi connectivity index (χ1n) is 6.31. The lowest BCUT2D eigenvalue weighted by Gasteiger charge is -2.46. The van der Waals surface area contributed by atoms with Gasteiger partial charge in [-0.15, -0.1) is 0 Å². The predicted octanol–water partition coefficient (Wildman–Crippen LogP) is 1.19. The molecule has 0 fully saturated rings. The summed E-state index contributed by atoms with van der Waals surface area (Å²) < 4.78 is 0.